The van der Waals surface area contributed by atoms with Gasteiger partial charge in [-0.3, -0.25) is 0 Å². The topological polar surface area (TPSA) is 21.3 Å². The smallest absolute Gasteiger partial charge is 0.127 e. The molecule has 18 heavy (non-hydrogen) atoms. The van der Waals surface area contributed by atoms with Crippen molar-refractivity contribution in [1.29, 1.82) is 0 Å². The number of rotatable bonds is 6. The van der Waals surface area contributed by atoms with Gasteiger partial charge >= 0.3 is 0 Å². The highest BCUT2D eigenvalue weighted by molar-refractivity contribution is 5.36. The van der Waals surface area contributed by atoms with Crippen molar-refractivity contribution in [2.24, 2.45) is 0 Å². The predicted octanol–water partition coefficient (Wildman–Crippen LogP) is 3.29. The average Bonchev–Trinajstić information content (AvgIpc) is 2.35. The molecule has 0 aliphatic heterocycles. The Morgan fingerprint density at radius 3 is 2.89 bits per heavy atom. The lowest BCUT2D eigenvalue weighted by molar-refractivity contribution is 0.318. The third-order valence-corrected chi connectivity index (χ3v) is 2.61. The van der Waals surface area contributed by atoms with Crippen molar-refractivity contribution in [1.82, 2.24) is 5.32 Å². The first-order valence-electron chi connectivity index (χ1n) is 6.24. The van der Waals surface area contributed by atoms with Crippen LogP contribution >= 0.6 is 0 Å². The molecule has 0 bridgehead atoms. The largest absolute Gasteiger partial charge is 0.492 e. The maximum Gasteiger partial charge on any atom is 0.127 e. The van der Waals surface area contributed by atoms with Crippen LogP contribution in [-0.4, -0.2) is 13.2 Å². The van der Waals surface area contributed by atoms with E-state index >= 15 is 0 Å². The Labute approximate surface area is 109 Å². The van der Waals surface area contributed by atoms with E-state index in [0.29, 0.717) is 18.8 Å². The van der Waals surface area contributed by atoms with Crippen LogP contribution in [0.15, 0.2) is 18.2 Å². The van der Waals surface area contributed by atoms with E-state index in [0.717, 1.165) is 12.1 Å². The number of hydrogen-bond acceptors (Lipinski definition) is 2. The molecule has 1 atom stereocenters. The number of halogens is 1. The first-order valence-corrected chi connectivity index (χ1v) is 6.24. The monoisotopic (exact) mass is 249 g/mol. The summed E-state index contributed by atoms with van der Waals surface area (Å²) < 4.78 is 18.8. The first kappa shape index (κ1) is 14.5. The Morgan fingerprint density at radius 2 is 2.22 bits per heavy atom. The van der Waals surface area contributed by atoms with E-state index in [-0.39, 0.29) is 11.9 Å². The molecule has 1 aromatic carbocycles. The molecule has 0 aliphatic carbocycles. The average molecular weight is 249 g/mol. The van der Waals surface area contributed by atoms with Gasteiger partial charge in [-0.1, -0.05) is 13.0 Å². The Kier molecular flexibility index (Phi) is 6.24. The molecule has 1 unspecified atom stereocenters. The summed E-state index contributed by atoms with van der Waals surface area (Å²) in [5.41, 5.74) is 0.975. The maximum absolute atomic E-state index is 13.2. The number of benzene rings is 1. The van der Waals surface area contributed by atoms with Gasteiger partial charge in [0.2, 0.25) is 0 Å². The minimum absolute atomic E-state index is 0.142. The fourth-order valence-electron chi connectivity index (χ4n) is 1.74. The Bertz CT molecular complexity index is 434. The zero-order chi connectivity index (χ0) is 13.4. The van der Waals surface area contributed by atoms with Gasteiger partial charge in [0.05, 0.1) is 6.61 Å². The van der Waals surface area contributed by atoms with Gasteiger partial charge in [0.1, 0.15) is 11.6 Å². The molecule has 0 aliphatic rings. The normalized spacial score (nSPS) is 11.6. The van der Waals surface area contributed by atoms with Gasteiger partial charge in [-0.25, -0.2) is 4.39 Å². The maximum atomic E-state index is 13.2. The molecule has 1 rings (SSSR count). The Balaban J connectivity index is 2.78. The first-order chi connectivity index (χ1) is 8.69. The van der Waals surface area contributed by atoms with Gasteiger partial charge in [-0.2, -0.15) is 0 Å². The summed E-state index contributed by atoms with van der Waals surface area (Å²) in [5.74, 6) is 6.05. The molecule has 0 heterocycles. The van der Waals surface area contributed by atoms with Crippen LogP contribution in [0.4, 0.5) is 4.39 Å². The molecule has 0 radical (unpaired) electrons. The van der Waals surface area contributed by atoms with Crippen LogP contribution < -0.4 is 10.1 Å². The molecule has 3 heteroatoms. The van der Waals surface area contributed by atoms with E-state index in [1.54, 1.807) is 13.0 Å². The molecule has 98 valence electrons. The lowest BCUT2D eigenvalue weighted by Gasteiger charge is -2.17. The van der Waals surface area contributed by atoms with Crippen molar-refractivity contribution in [3.05, 3.63) is 29.6 Å². The predicted molar refractivity (Wildman–Crippen MR) is 72.1 cm³/mol. The van der Waals surface area contributed by atoms with E-state index in [1.807, 2.05) is 13.8 Å². The fourth-order valence-corrected chi connectivity index (χ4v) is 1.74. The standard InChI is InChI=1S/C15H20FNO/c1-4-6-7-10-18-15-11-13(16)8-9-14(15)12(3)17-5-2/h8-9,11-12,17H,5,7,10H2,1-3H3. The zero-order valence-corrected chi connectivity index (χ0v) is 11.2. The molecular weight excluding hydrogens is 229 g/mol. The van der Waals surface area contributed by atoms with E-state index in [1.165, 1.54) is 12.1 Å². The second kappa shape index (κ2) is 7.73. The third kappa shape index (κ3) is 4.38. The number of ether oxygens (including phenoxy) is 1. The quantitative estimate of drug-likeness (QED) is 0.617. The van der Waals surface area contributed by atoms with Crippen LogP contribution in [0, 0.1) is 17.7 Å². The van der Waals surface area contributed by atoms with Gasteiger partial charge < -0.3 is 10.1 Å². The van der Waals surface area contributed by atoms with Gasteiger partial charge in [-0.15, -0.1) is 11.8 Å². The minimum Gasteiger partial charge on any atom is -0.492 e. The molecule has 2 nitrogen and oxygen atoms in total. The summed E-state index contributed by atoms with van der Waals surface area (Å²) in [6.45, 7) is 7.21. The summed E-state index contributed by atoms with van der Waals surface area (Å²) in [5, 5.41) is 3.29. The summed E-state index contributed by atoms with van der Waals surface area (Å²) in [6.07, 6.45) is 0.655. The molecular formula is C15H20FNO. The molecule has 0 spiro atoms. The van der Waals surface area contributed by atoms with Crippen molar-refractivity contribution in [3.8, 4) is 17.6 Å². The summed E-state index contributed by atoms with van der Waals surface area (Å²) in [4.78, 5) is 0. The van der Waals surface area contributed by atoms with Crippen molar-refractivity contribution in [2.75, 3.05) is 13.2 Å². The fraction of sp³-hybridized carbons (Fsp3) is 0.467. The Morgan fingerprint density at radius 1 is 1.44 bits per heavy atom. The summed E-state index contributed by atoms with van der Waals surface area (Å²) in [7, 11) is 0. The molecule has 0 aromatic heterocycles. The van der Waals surface area contributed by atoms with Gasteiger partial charge in [-0.05, 0) is 26.5 Å². The minimum atomic E-state index is -0.279. The molecule has 1 aromatic rings. The second-order valence-electron chi connectivity index (χ2n) is 3.99. The lowest BCUT2D eigenvalue weighted by Crippen LogP contribution is -2.18. The van der Waals surface area contributed by atoms with E-state index < -0.39 is 0 Å². The number of nitrogens with one attached hydrogen (secondary N) is 1. The van der Waals surface area contributed by atoms with Crippen LogP contribution in [0.1, 0.15) is 38.8 Å². The van der Waals surface area contributed by atoms with Crippen molar-refractivity contribution in [2.45, 2.75) is 33.2 Å². The van der Waals surface area contributed by atoms with Crippen molar-refractivity contribution in [3.63, 3.8) is 0 Å². The Hall–Kier alpha value is -1.53. The van der Waals surface area contributed by atoms with Crippen LogP contribution in [0.25, 0.3) is 0 Å². The third-order valence-electron chi connectivity index (χ3n) is 2.61. The molecule has 0 amide bonds. The van der Waals surface area contributed by atoms with Gasteiger partial charge in [0.25, 0.3) is 0 Å². The van der Waals surface area contributed by atoms with E-state index in [9.17, 15) is 4.39 Å². The van der Waals surface area contributed by atoms with Crippen molar-refractivity contribution < 1.29 is 9.13 Å². The van der Waals surface area contributed by atoms with Crippen LogP contribution in [0.2, 0.25) is 0 Å². The SMILES string of the molecule is CC#CCCOc1cc(F)ccc1C(C)NCC. The summed E-state index contributed by atoms with van der Waals surface area (Å²) >= 11 is 0. The number of hydrogen-bond donors (Lipinski definition) is 1. The molecule has 0 saturated carbocycles. The van der Waals surface area contributed by atoms with Crippen LogP contribution in [0.5, 0.6) is 5.75 Å². The summed E-state index contributed by atoms with van der Waals surface area (Å²) in [6, 6.07) is 4.80. The highest BCUT2D eigenvalue weighted by Crippen LogP contribution is 2.26. The zero-order valence-electron chi connectivity index (χ0n) is 11.2. The van der Waals surface area contributed by atoms with Gasteiger partial charge in [0.15, 0.2) is 0 Å². The van der Waals surface area contributed by atoms with Crippen LogP contribution in [-0.2, 0) is 0 Å². The lowest BCUT2D eigenvalue weighted by atomic mass is 10.1. The highest BCUT2D eigenvalue weighted by atomic mass is 19.1. The van der Waals surface area contributed by atoms with E-state index in [4.69, 9.17) is 4.74 Å². The van der Waals surface area contributed by atoms with Crippen molar-refractivity contribution >= 4 is 0 Å². The van der Waals surface area contributed by atoms with E-state index in [2.05, 4.69) is 17.2 Å². The molecule has 0 saturated heterocycles. The molecule has 1 N–H and O–H groups in total. The van der Waals surface area contributed by atoms with Gasteiger partial charge in [0, 0.05) is 24.1 Å². The second-order valence-corrected chi connectivity index (χ2v) is 3.99. The highest BCUT2D eigenvalue weighted by Gasteiger charge is 2.11. The molecule has 0 fully saturated rings. The van der Waals surface area contributed by atoms with Crippen LogP contribution in [0.3, 0.4) is 0 Å².